The summed E-state index contributed by atoms with van der Waals surface area (Å²) in [5.41, 5.74) is 2.50. The number of carbonyl (C=O) groups excluding carboxylic acids is 1. The summed E-state index contributed by atoms with van der Waals surface area (Å²) in [6.07, 6.45) is 1.43. The highest BCUT2D eigenvalue weighted by molar-refractivity contribution is 5.83. The van der Waals surface area contributed by atoms with Crippen molar-refractivity contribution >= 4 is 12.1 Å². The Balaban J connectivity index is 1.53. The first kappa shape index (κ1) is 22.4. The highest BCUT2D eigenvalue weighted by atomic mass is 19.1. The lowest BCUT2D eigenvalue weighted by atomic mass is 10.2. The van der Waals surface area contributed by atoms with Gasteiger partial charge in [0.25, 0.3) is 5.56 Å². The van der Waals surface area contributed by atoms with Crippen LogP contribution in [0.1, 0.15) is 23.2 Å². The highest BCUT2D eigenvalue weighted by Gasteiger charge is 2.08. The van der Waals surface area contributed by atoms with Crippen LogP contribution < -0.4 is 26.1 Å². The van der Waals surface area contributed by atoms with Crippen LogP contribution in [0.25, 0.3) is 0 Å². The zero-order chi connectivity index (χ0) is 22.9. The Bertz CT molecular complexity index is 1220. The number of nitrogens with one attached hydrogen (secondary N) is 3. The number of aromatic nitrogens is 3. The van der Waals surface area contributed by atoms with Crippen molar-refractivity contribution in [1.29, 1.82) is 0 Å². The third kappa shape index (κ3) is 6.36. The van der Waals surface area contributed by atoms with Gasteiger partial charge in [0.15, 0.2) is 11.5 Å². The van der Waals surface area contributed by atoms with E-state index in [0.29, 0.717) is 17.1 Å². The molecule has 0 aliphatic carbocycles. The van der Waals surface area contributed by atoms with E-state index in [2.05, 4.69) is 20.7 Å². The molecule has 0 saturated heterocycles. The minimum absolute atomic E-state index is 0.0427. The molecular formula is C21H20FN5O5. The van der Waals surface area contributed by atoms with Crippen LogP contribution in [0, 0.1) is 5.82 Å². The first-order valence-electron chi connectivity index (χ1n) is 9.49. The lowest BCUT2D eigenvalue weighted by Crippen LogP contribution is -2.28. The van der Waals surface area contributed by atoms with Crippen molar-refractivity contribution in [2.45, 2.75) is 19.4 Å². The normalized spacial score (nSPS) is 10.8. The van der Waals surface area contributed by atoms with E-state index in [1.807, 2.05) is 4.98 Å². The van der Waals surface area contributed by atoms with E-state index in [0.717, 1.165) is 5.56 Å². The SMILES string of the molecule is COc1cc(/C=N/NC(=O)CCc2n[nH]c(=O)[nH]c2=O)ccc1OCc1ccc(F)cc1. The van der Waals surface area contributed by atoms with Gasteiger partial charge < -0.3 is 9.47 Å². The molecule has 2 aromatic carbocycles. The van der Waals surface area contributed by atoms with Crippen molar-refractivity contribution in [3.8, 4) is 11.5 Å². The number of nitrogens with zero attached hydrogens (tertiary/aromatic N) is 2. The number of amides is 1. The number of ether oxygens (including phenoxy) is 2. The van der Waals surface area contributed by atoms with E-state index in [1.165, 1.54) is 25.5 Å². The number of hydrogen-bond donors (Lipinski definition) is 3. The van der Waals surface area contributed by atoms with Crippen LogP contribution in [0.15, 0.2) is 57.2 Å². The van der Waals surface area contributed by atoms with Crippen LogP contribution >= 0.6 is 0 Å². The molecule has 1 heterocycles. The van der Waals surface area contributed by atoms with Gasteiger partial charge in [-0.25, -0.2) is 19.7 Å². The molecule has 166 valence electrons. The molecule has 0 unspecified atom stereocenters. The molecule has 3 N–H and O–H groups in total. The molecule has 0 spiro atoms. The van der Waals surface area contributed by atoms with E-state index >= 15 is 0 Å². The molecule has 10 nitrogen and oxygen atoms in total. The van der Waals surface area contributed by atoms with Gasteiger partial charge >= 0.3 is 5.69 Å². The highest BCUT2D eigenvalue weighted by Crippen LogP contribution is 2.28. The summed E-state index contributed by atoms with van der Waals surface area (Å²) in [5.74, 6) is 0.214. The number of aryl methyl sites for hydroxylation is 1. The Kier molecular flexibility index (Phi) is 7.46. The summed E-state index contributed by atoms with van der Waals surface area (Å²) in [4.78, 5) is 36.4. The second-order valence-corrected chi connectivity index (χ2v) is 6.57. The smallest absolute Gasteiger partial charge is 0.342 e. The fraction of sp³-hybridized carbons (Fsp3) is 0.190. The minimum atomic E-state index is -0.713. The number of hydrazone groups is 1. The third-order valence-corrected chi connectivity index (χ3v) is 4.27. The number of aromatic amines is 2. The number of methoxy groups -OCH3 is 1. The fourth-order valence-electron chi connectivity index (χ4n) is 2.63. The first-order valence-corrected chi connectivity index (χ1v) is 9.49. The Labute approximate surface area is 181 Å². The lowest BCUT2D eigenvalue weighted by Gasteiger charge is -2.11. The summed E-state index contributed by atoms with van der Waals surface area (Å²) in [7, 11) is 1.50. The van der Waals surface area contributed by atoms with E-state index < -0.39 is 17.2 Å². The van der Waals surface area contributed by atoms with Crippen LogP contribution in [0.5, 0.6) is 11.5 Å². The predicted molar refractivity (Wildman–Crippen MR) is 113 cm³/mol. The maximum Gasteiger partial charge on any atom is 0.342 e. The molecule has 3 rings (SSSR count). The van der Waals surface area contributed by atoms with E-state index in [1.54, 1.807) is 30.3 Å². The topological polar surface area (TPSA) is 139 Å². The van der Waals surface area contributed by atoms with Crippen LogP contribution in [-0.4, -0.2) is 34.4 Å². The molecule has 0 aliphatic heterocycles. The summed E-state index contributed by atoms with van der Waals surface area (Å²) in [6, 6.07) is 11.1. The molecule has 0 saturated carbocycles. The zero-order valence-corrected chi connectivity index (χ0v) is 17.1. The van der Waals surface area contributed by atoms with Gasteiger partial charge in [0.05, 0.1) is 13.3 Å². The van der Waals surface area contributed by atoms with E-state index in [9.17, 15) is 18.8 Å². The number of hydrogen-bond acceptors (Lipinski definition) is 7. The summed E-state index contributed by atoms with van der Waals surface area (Å²) in [5, 5.41) is 9.58. The quantitative estimate of drug-likeness (QED) is 0.338. The minimum Gasteiger partial charge on any atom is -0.493 e. The van der Waals surface area contributed by atoms with Crippen molar-refractivity contribution in [3.05, 3.63) is 85.9 Å². The summed E-state index contributed by atoms with van der Waals surface area (Å²) < 4.78 is 24.0. The van der Waals surface area contributed by atoms with Crippen molar-refractivity contribution in [3.63, 3.8) is 0 Å². The van der Waals surface area contributed by atoms with Crippen LogP contribution in [0.2, 0.25) is 0 Å². The Morgan fingerprint density at radius 2 is 1.97 bits per heavy atom. The summed E-state index contributed by atoms with van der Waals surface area (Å²) >= 11 is 0. The van der Waals surface area contributed by atoms with Crippen LogP contribution in [0.3, 0.4) is 0 Å². The number of carbonyl (C=O) groups is 1. The average molecular weight is 441 g/mol. The fourth-order valence-corrected chi connectivity index (χ4v) is 2.63. The first-order chi connectivity index (χ1) is 15.4. The molecule has 0 bridgehead atoms. The van der Waals surface area contributed by atoms with Crippen LogP contribution in [-0.2, 0) is 17.8 Å². The van der Waals surface area contributed by atoms with Gasteiger partial charge in [0.2, 0.25) is 5.91 Å². The monoisotopic (exact) mass is 441 g/mol. The number of rotatable bonds is 9. The van der Waals surface area contributed by atoms with Gasteiger partial charge in [-0.2, -0.15) is 10.2 Å². The van der Waals surface area contributed by atoms with Gasteiger partial charge in [0.1, 0.15) is 18.1 Å². The summed E-state index contributed by atoms with van der Waals surface area (Å²) in [6.45, 7) is 0.243. The third-order valence-electron chi connectivity index (χ3n) is 4.27. The average Bonchev–Trinajstić information content (AvgIpc) is 2.78. The molecule has 0 fully saturated rings. The van der Waals surface area contributed by atoms with Crippen molar-refractivity contribution in [2.24, 2.45) is 5.10 Å². The molecule has 32 heavy (non-hydrogen) atoms. The molecular weight excluding hydrogens is 421 g/mol. The standard InChI is InChI=1S/C21H20FN5O5/c1-31-18-10-14(4-8-17(18)32-12-13-2-5-15(22)6-3-13)11-23-26-19(28)9-7-16-20(29)24-21(30)27-25-16/h2-6,8,10-11H,7,9,12H2,1H3,(H,26,28)(H2,24,27,29,30)/b23-11+. The van der Waals surface area contributed by atoms with Crippen molar-refractivity contribution < 1.29 is 18.7 Å². The number of benzene rings is 2. The molecule has 0 aliphatic rings. The van der Waals surface area contributed by atoms with Gasteiger partial charge in [0, 0.05) is 12.8 Å². The molecule has 1 aromatic heterocycles. The van der Waals surface area contributed by atoms with Gasteiger partial charge in [-0.1, -0.05) is 12.1 Å². The molecule has 3 aromatic rings. The lowest BCUT2D eigenvalue weighted by molar-refractivity contribution is -0.121. The molecule has 0 atom stereocenters. The molecule has 0 radical (unpaired) electrons. The number of H-pyrrole nitrogens is 2. The van der Waals surface area contributed by atoms with Gasteiger partial charge in [-0.3, -0.25) is 14.6 Å². The van der Waals surface area contributed by atoms with E-state index in [4.69, 9.17) is 9.47 Å². The second kappa shape index (κ2) is 10.7. The van der Waals surface area contributed by atoms with Crippen molar-refractivity contribution in [2.75, 3.05) is 7.11 Å². The Morgan fingerprint density at radius 1 is 1.19 bits per heavy atom. The largest absolute Gasteiger partial charge is 0.493 e. The molecule has 1 amide bonds. The van der Waals surface area contributed by atoms with Gasteiger partial charge in [-0.15, -0.1) is 0 Å². The maximum atomic E-state index is 13.0. The zero-order valence-electron chi connectivity index (χ0n) is 17.1. The maximum absolute atomic E-state index is 13.0. The second-order valence-electron chi connectivity index (χ2n) is 6.57. The van der Waals surface area contributed by atoms with Gasteiger partial charge in [-0.05, 0) is 41.5 Å². The van der Waals surface area contributed by atoms with Crippen molar-refractivity contribution in [1.82, 2.24) is 20.6 Å². The number of halogens is 1. The Hall–Kier alpha value is -4.28. The predicted octanol–water partition coefficient (Wildman–Crippen LogP) is 1.27. The Morgan fingerprint density at radius 3 is 2.69 bits per heavy atom. The van der Waals surface area contributed by atoms with E-state index in [-0.39, 0.29) is 31.0 Å². The molecule has 11 heteroatoms. The van der Waals surface area contributed by atoms with Crippen LogP contribution in [0.4, 0.5) is 4.39 Å².